The van der Waals surface area contributed by atoms with E-state index < -0.39 is 5.41 Å². The Morgan fingerprint density at radius 1 is 0.313 bits per heavy atom. The lowest BCUT2D eigenvalue weighted by atomic mass is 9.66. The molecule has 1 aliphatic carbocycles. The molecular formula is C63H40N2O2. The summed E-state index contributed by atoms with van der Waals surface area (Å²) in [4.78, 5) is 4.78. The SMILES string of the molecule is c1ccc(N(c2ccc3c(c2)oc2cc(N(c4cccc5ccccc45)c4cccc5ccccc45)ccc23)c2cccc3c2-c2ccccc2C32c3ccccc3Oc3ccccc32)cc1. The van der Waals surface area contributed by atoms with E-state index in [2.05, 4.69) is 252 Å². The van der Waals surface area contributed by atoms with Crippen molar-refractivity contribution >= 4 is 77.6 Å². The van der Waals surface area contributed by atoms with Crippen LogP contribution in [0.5, 0.6) is 11.5 Å². The van der Waals surface area contributed by atoms with Gasteiger partial charge in [0.2, 0.25) is 0 Å². The number of anilines is 6. The zero-order valence-electron chi connectivity index (χ0n) is 36.3. The van der Waals surface area contributed by atoms with Gasteiger partial charge in [-0.3, -0.25) is 0 Å². The Morgan fingerprint density at radius 3 is 1.43 bits per heavy atom. The highest BCUT2D eigenvalue weighted by Gasteiger charge is 2.51. The van der Waals surface area contributed by atoms with E-state index in [0.717, 1.165) is 78.7 Å². The summed E-state index contributed by atoms with van der Waals surface area (Å²) in [6.45, 7) is 0. The predicted octanol–water partition coefficient (Wildman–Crippen LogP) is 17.3. The lowest BCUT2D eigenvalue weighted by molar-refractivity contribution is 0.436. The molecule has 1 spiro atoms. The van der Waals surface area contributed by atoms with Crippen molar-refractivity contribution in [3.05, 3.63) is 265 Å². The van der Waals surface area contributed by atoms with Crippen LogP contribution in [0.4, 0.5) is 34.1 Å². The highest BCUT2D eigenvalue weighted by Crippen LogP contribution is 2.64. The Bertz CT molecular complexity index is 3810. The second-order valence-corrected chi connectivity index (χ2v) is 17.6. The molecule has 0 saturated heterocycles. The summed E-state index contributed by atoms with van der Waals surface area (Å²) in [7, 11) is 0. The molecule has 0 amide bonds. The molecule has 0 fully saturated rings. The fourth-order valence-electron chi connectivity index (χ4n) is 11.3. The predicted molar refractivity (Wildman–Crippen MR) is 275 cm³/mol. The van der Waals surface area contributed by atoms with Crippen LogP contribution in [0.25, 0.3) is 54.6 Å². The average Bonchev–Trinajstić information content (AvgIpc) is 3.90. The van der Waals surface area contributed by atoms with Crippen LogP contribution in [0.3, 0.4) is 0 Å². The lowest BCUT2D eigenvalue weighted by Crippen LogP contribution is -2.32. The normalized spacial score (nSPS) is 13.0. The molecule has 1 aromatic heterocycles. The summed E-state index contributed by atoms with van der Waals surface area (Å²) in [6, 6.07) is 87.2. The number of fused-ring (bicyclic) bond motifs is 14. The van der Waals surface area contributed by atoms with Crippen molar-refractivity contribution in [2.45, 2.75) is 5.41 Å². The highest BCUT2D eigenvalue weighted by atomic mass is 16.5. The van der Waals surface area contributed by atoms with Gasteiger partial charge in [-0.15, -0.1) is 0 Å². The van der Waals surface area contributed by atoms with Crippen molar-refractivity contribution in [2.75, 3.05) is 9.80 Å². The first-order chi connectivity index (χ1) is 33.2. The number of rotatable bonds is 6. The first-order valence-electron chi connectivity index (χ1n) is 22.9. The Balaban J connectivity index is 0.962. The molecule has 2 heterocycles. The van der Waals surface area contributed by atoms with E-state index in [1.165, 1.54) is 43.8 Å². The smallest absolute Gasteiger partial charge is 0.137 e. The zero-order chi connectivity index (χ0) is 44.1. The van der Waals surface area contributed by atoms with Gasteiger partial charge < -0.3 is 19.0 Å². The van der Waals surface area contributed by atoms with Crippen LogP contribution in [0.2, 0.25) is 0 Å². The third kappa shape index (κ3) is 5.47. The van der Waals surface area contributed by atoms with E-state index in [0.29, 0.717) is 0 Å². The highest BCUT2D eigenvalue weighted by molar-refractivity contribution is 6.10. The lowest BCUT2D eigenvalue weighted by Gasteiger charge is -2.39. The van der Waals surface area contributed by atoms with Gasteiger partial charge in [0.15, 0.2) is 0 Å². The van der Waals surface area contributed by atoms with Crippen molar-refractivity contribution in [3.63, 3.8) is 0 Å². The fourth-order valence-corrected chi connectivity index (χ4v) is 11.3. The Kier molecular flexibility index (Phi) is 8.16. The van der Waals surface area contributed by atoms with Gasteiger partial charge >= 0.3 is 0 Å². The Morgan fingerprint density at radius 2 is 0.791 bits per heavy atom. The zero-order valence-corrected chi connectivity index (χ0v) is 36.3. The topological polar surface area (TPSA) is 28.9 Å². The Labute approximate surface area is 387 Å². The number of nitrogens with zero attached hydrogens (tertiary/aromatic N) is 2. The second-order valence-electron chi connectivity index (χ2n) is 17.6. The fraction of sp³-hybridized carbons (Fsp3) is 0.0159. The maximum absolute atomic E-state index is 7.00. The molecule has 0 saturated carbocycles. The molecular weight excluding hydrogens is 817 g/mol. The van der Waals surface area contributed by atoms with E-state index in [4.69, 9.17) is 9.15 Å². The second kappa shape index (κ2) is 14.6. The van der Waals surface area contributed by atoms with Crippen LogP contribution < -0.4 is 14.5 Å². The van der Waals surface area contributed by atoms with Crippen LogP contribution in [-0.2, 0) is 5.41 Å². The quantitative estimate of drug-likeness (QED) is 0.167. The largest absolute Gasteiger partial charge is 0.457 e. The van der Waals surface area contributed by atoms with Gasteiger partial charge in [0.1, 0.15) is 22.7 Å². The van der Waals surface area contributed by atoms with Crippen molar-refractivity contribution in [2.24, 2.45) is 0 Å². The third-order valence-electron chi connectivity index (χ3n) is 14.1. The first-order valence-corrected chi connectivity index (χ1v) is 22.9. The van der Waals surface area contributed by atoms with Gasteiger partial charge in [-0.2, -0.15) is 0 Å². The molecule has 12 aromatic rings. The van der Waals surface area contributed by atoms with Crippen molar-refractivity contribution in [1.82, 2.24) is 0 Å². The summed E-state index contributed by atoms with van der Waals surface area (Å²) < 4.78 is 13.7. The molecule has 14 rings (SSSR count). The molecule has 314 valence electrons. The summed E-state index contributed by atoms with van der Waals surface area (Å²) >= 11 is 0. The Hall–Kier alpha value is -8.86. The van der Waals surface area contributed by atoms with Gasteiger partial charge in [0.25, 0.3) is 0 Å². The molecule has 4 nitrogen and oxygen atoms in total. The summed E-state index contributed by atoms with van der Waals surface area (Å²) in [5.74, 6) is 1.76. The van der Waals surface area contributed by atoms with Crippen LogP contribution in [-0.4, -0.2) is 0 Å². The monoisotopic (exact) mass is 856 g/mol. The van der Waals surface area contributed by atoms with E-state index in [9.17, 15) is 0 Å². The molecule has 0 N–H and O–H groups in total. The standard InChI is InChI=1S/C63H40N2O2/c1-2-21-43(22-3-1)64(57-32-16-29-54-62(57)50-25-8-9-26-51(50)63(54)52-27-10-12-33-58(52)66-59-34-13-11-28-53(59)63)44-35-37-48-49-38-36-45(40-61(49)67-60(48)39-44)65(55-30-14-19-41-17-4-6-23-46(41)55)56-31-15-20-42-18-5-7-24-47(42)56/h1-40H. The molecule has 67 heavy (non-hydrogen) atoms. The van der Waals surface area contributed by atoms with Gasteiger partial charge in [-0.1, -0.05) is 164 Å². The van der Waals surface area contributed by atoms with Crippen LogP contribution in [0.15, 0.2) is 247 Å². The third-order valence-corrected chi connectivity index (χ3v) is 14.1. The maximum atomic E-state index is 7.00. The maximum Gasteiger partial charge on any atom is 0.137 e. The molecule has 4 heteroatoms. The van der Waals surface area contributed by atoms with Gasteiger partial charge in [-0.25, -0.2) is 0 Å². The van der Waals surface area contributed by atoms with E-state index in [1.807, 2.05) is 0 Å². The number of hydrogen-bond donors (Lipinski definition) is 0. The number of hydrogen-bond acceptors (Lipinski definition) is 4. The molecule has 2 aliphatic rings. The molecule has 0 radical (unpaired) electrons. The van der Waals surface area contributed by atoms with E-state index in [-0.39, 0.29) is 0 Å². The van der Waals surface area contributed by atoms with Crippen molar-refractivity contribution in [1.29, 1.82) is 0 Å². The number of para-hydroxylation sites is 3. The molecule has 11 aromatic carbocycles. The molecule has 1 aliphatic heterocycles. The summed E-state index contributed by atoms with van der Waals surface area (Å²) in [5, 5.41) is 6.88. The number of benzene rings is 11. The average molecular weight is 857 g/mol. The van der Waals surface area contributed by atoms with Crippen LogP contribution in [0, 0.1) is 0 Å². The van der Waals surface area contributed by atoms with Crippen LogP contribution >= 0.6 is 0 Å². The number of furan rings is 1. The van der Waals surface area contributed by atoms with Crippen molar-refractivity contribution in [3.8, 4) is 22.6 Å². The van der Waals surface area contributed by atoms with Gasteiger partial charge in [0, 0.05) is 67.4 Å². The number of ether oxygens (including phenoxy) is 1. The summed E-state index contributed by atoms with van der Waals surface area (Å²) in [5.41, 5.74) is 14.6. The molecule has 0 unspecified atom stereocenters. The summed E-state index contributed by atoms with van der Waals surface area (Å²) in [6.07, 6.45) is 0. The van der Waals surface area contributed by atoms with Gasteiger partial charge in [-0.05, 0) is 94.2 Å². The minimum atomic E-state index is -0.581. The first kappa shape index (κ1) is 37.5. The minimum absolute atomic E-state index is 0.581. The molecule has 0 bridgehead atoms. The van der Waals surface area contributed by atoms with E-state index >= 15 is 0 Å². The van der Waals surface area contributed by atoms with E-state index in [1.54, 1.807) is 0 Å². The van der Waals surface area contributed by atoms with Crippen molar-refractivity contribution < 1.29 is 9.15 Å². The molecule has 0 atom stereocenters. The minimum Gasteiger partial charge on any atom is -0.457 e. The van der Waals surface area contributed by atoms with Crippen LogP contribution in [0.1, 0.15) is 22.3 Å². The van der Waals surface area contributed by atoms with Gasteiger partial charge in [0.05, 0.1) is 22.5 Å².